The van der Waals surface area contributed by atoms with E-state index in [1.807, 2.05) is 0 Å². The van der Waals surface area contributed by atoms with Crippen LogP contribution in [0.15, 0.2) is 129 Å². The predicted octanol–water partition coefficient (Wildman–Crippen LogP) is 12.2. The Kier molecular flexibility index (Phi) is 10.9. The fraction of sp³-hybridized carbons (Fsp3) is 0.326. The molecule has 4 aromatic rings. The van der Waals surface area contributed by atoms with E-state index in [0.717, 1.165) is 50.2 Å². The number of hydrogen-bond acceptors (Lipinski definition) is 5. The van der Waals surface area contributed by atoms with E-state index in [4.69, 9.17) is 36.0 Å². The SMILES string of the molecule is CC1(C)C(/C=C/C2=C(Cl)C(=C/C=C3/N(CCCN=C=S)c4ccc5ccccc5c4C3(C)C)/CCC2)=[N+](CCCN=C=S)c2ccc3ccccc3c21. The highest BCUT2D eigenvalue weighted by Gasteiger charge is 2.45. The molecule has 0 saturated carbocycles. The molecule has 4 aromatic carbocycles. The van der Waals surface area contributed by atoms with Gasteiger partial charge in [0.15, 0.2) is 12.3 Å². The van der Waals surface area contributed by atoms with Crippen LogP contribution in [0.25, 0.3) is 21.5 Å². The number of aliphatic imine (C=N–C) groups is 2. The van der Waals surface area contributed by atoms with E-state index in [9.17, 15) is 0 Å². The second kappa shape index (κ2) is 15.6. The summed E-state index contributed by atoms with van der Waals surface area (Å²) in [7, 11) is 0. The number of nitrogens with zero attached hydrogens (tertiary/aromatic N) is 4. The van der Waals surface area contributed by atoms with Crippen LogP contribution in [-0.2, 0) is 10.8 Å². The van der Waals surface area contributed by atoms with Crippen LogP contribution < -0.4 is 4.90 Å². The van der Waals surface area contributed by atoms with Gasteiger partial charge in [-0.15, -0.1) is 0 Å². The van der Waals surface area contributed by atoms with Gasteiger partial charge in [-0.05, 0) is 120 Å². The highest BCUT2D eigenvalue weighted by molar-refractivity contribution is 7.78. The molecule has 2 aliphatic heterocycles. The number of thiocarbonyl (C=S) groups is 2. The molecular weight excluding hydrogens is 708 g/mol. The van der Waals surface area contributed by atoms with Crippen molar-refractivity contribution >= 4 is 85.0 Å². The first-order valence-electron chi connectivity index (χ1n) is 18.7. The summed E-state index contributed by atoms with van der Waals surface area (Å²) in [6.45, 7) is 12.4. The van der Waals surface area contributed by atoms with Crippen molar-refractivity contribution < 1.29 is 4.58 Å². The van der Waals surface area contributed by atoms with E-state index in [1.165, 1.54) is 66.6 Å². The Morgan fingerprint density at radius 2 is 1.43 bits per heavy atom. The third-order valence-corrected chi connectivity index (χ3v) is 12.0. The molecule has 0 fully saturated rings. The fourth-order valence-electron chi connectivity index (χ4n) is 8.83. The van der Waals surface area contributed by atoms with E-state index in [-0.39, 0.29) is 10.8 Å². The van der Waals surface area contributed by atoms with Crippen molar-refractivity contribution in [2.24, 2.45) is 9.98 Å². The van der Waals surface area contributed by atoms with Crippen molar-refractivity contribution in [1.29, 1.82) is 0 Å². The topological polar surface area (TPSA) is 31.0 Å². The lowest BCUT2D eigenvalue weighted by atomic mass is 9.78. The molecule has 0 radical (unpaired) electrons. The van der Waals surface area contributed by atoms with Crippen LogP contribution in [0.3, 0.4) is 0 Å². The summed E-state index contributed by atoms with van der Waals surface area (Å²) in [5, 5.41) is 11.1. The highest BCUT2D eigenvalue weighted by Crippen LogP contribution is 2.51. The lowest BCUT2D eigenvalue weighted by Gasteiger charge is -2.27. The minimum absolute atomic E-state index is 0.198. The first kappa shape index (κ1) is 37.1. The van der Waals surface area contributed by atoms with Crippen LogP contribution in [0, 0.1) is 0 Å². The Bertz CT molecular complexity index is 2360. The number of allylic oxidation sites excluding steroid dienone is 8. The summed E-state index contributed by atoms with van der Waals surface area (Å²) in [6.07, 6.45) is 13.9. The first-order chi connectivity index (χ1) is 25.7. The molecule has 1 aliphatic carbocycles. The van der Waals surface area contributed by atoms with Crippen LogP contribution in [-0.4, -0.2) is 46.8 Å². The second-order valence-electron chi connectivity index (χ2n) is 15.2. The number of benzene rings is 4. The largest absolute Gasteiger partial charge is 0.344 e. The third kappa shape index (κ3) is 6.96. The molecule has 2 heterocycles. The van der Waals surface area contributed by atoms with Gasteiger partial charge in [0, 0.05) is 52.5 Å². The van der Waals surface area contributed by atoms with Crippen molar-refractivity contribution in [3.8, 4) is 0 Å². The van der Waals surface area contributed by atoms with Crippen molar-refractivity contribution in [2.45, 2.75) is 70.6 Å². The summed E-state index contributed by atoms with van der Waals surface area (Å²) in [6, 6.07) is 26.5. The van der Waals surface area contributed by atoms with Crippen LogP contribution in [0.5, 0.6) is 0 Å². The Labute approximate surface area is 329 Å². The normalized spacial score (nSPS) is 19.0. The average Bonchev–Trinajstić information content (AvgIpc) is 3.52. The monoisotopic (exact) mass is 753 g/mol. The molecule has 0 spiro atoms. The molecular formula is C46H46ClN4S2+. The minimum atomic E-state index is -0.198. The van der Waals surface area contributed by atoms with Crippen LogP contribution in [0.2, 0.25) is 0 Å². The molecule has 7 heteroatoms. The molecule has 7 rings (SSSR count). The molecule has 0 N–H and O–H groups in total. The van der Waals surface area contributed by atoms with Crippen molar-refractivity contribution in [3.63, 3.8) is 0 Å². The van der Waals surface area contributed by atoms with Gasteiger partial charge >= 0.3 is 0 Å². The van der Waals surface area contributed by atoms with Crippen LogP contribution >= 0.6 is 36.0 Å². The van der Waals surface area contributed by atoms with Gasteiger partial charge in [-0.1, -0.05) is 92.2 Å². The second-order valence-corrected chi connectivity index (χ2v) is 16.0. The average molecular weight is 754 g/mol. The zero-order chi connectivity index (χ0) is 37.2. The van der Waals surface area contributed by atoms with E-state index >= 15 is 0 Å². The number of anilines is 1. The van der Waals surface area contributed by atoms with Crippen molar-refractivity contribution in [1.82, 2.24) is 0 Å². The molecule has 0 atom stereocenters. The molecule has 0 bridgehead atoms. The smallest absolute Gasteiger partial charge is 0.210 e. The summed E-state index contributed by atoms with van der Waals surface area (Å²) in [4.78, 5) is 10.9. The highest BCUT2D eigenvalue weighted by atomic mass is 35.5. The summed E-state index contributed by atoms with van der Waals surface area (Å²) in [5.74, 6) is 0. The van der Waals surface area contributed by atoms with Gasteiger partial charge in [0.1, 0.15) is 0 Å². The van der Waals surface area contributed by atoms with Gasteiger partial charge in [0.25, 0.3) is 0 Å². The summed E-state index contributed by atoms with van der Waals surface area (Å²) < 4.78 is 2.48. The quantitative estimate of drug-likeness (QED) is 0.0661. The van der Waals surface area contributed by atoms with E-state index < -0.39 is 0 Å². The molecule has 0 unspecified atom stereocenters. The maximum atomic E-state index is 7.34. The molecule has 53 heavy (non-hydrogen) atoms. The fourth-order valence-corrected chi connectivity index (χ4v) is 9.32. The Morgan fingerprint density at radius 3 is 2.15 bits per heavy atom. The van der Waals surface area contributed by atoms with E-state index in [1.54, 1.807) is 0 Å². The maximum absolute atomic E-state index is 7.34. The van der Waals surface area contributed by atoms with Gasteiger partial charge < -0.3 is 4.90 Å². The van der Waals surface area contributed by atoms with Gasteiger partial charge in [0.05, 0.1) is 28.8 Å². The zero-order valence-corrected chi connectivity index (χ0v) is 33.5. The maximum Gasteiger partial charge on any atom is 0.210 e. The number of isothiocyanates is 2. The Balaban J connectivity index is 1.25. The lowest BCUT2D eigenvalue weighted by Crippen LogP contribution is -2.28. The molecule has 268 valence electrons. The molecule has 0 saturated heterocycles. The molecule has 3 aliphatic rings. The first-order valence-corrected chi connectivity index (χ1v) is 19.9. The van der Waals surface area contributed by atoms with E-state index in [0.29, 0.717) is 13.1 Å². The predicted molar refractivity (Wildman–Crippen MR) is 232 cm³/mol. The number of hydrogen-bond donors (Lipinski definition) is 0. The van der Waals surface area contributed by atoms with Crippen molar-refractivity contribution in [2.75, 3.05) is 31.1 Å². The van der Waals surface area contributed by atoms with Crippen molar-refractivity contribution in [3.05, 3.63) is 130 Å². The summed E-state index contributed by atoms with van der Waals surface area (Å²) in [5.41, 5.74) is 9.80. The molecule has 0 amide bonds. The zero-order valence-electron chi connectivity index (χ0n) is 31.1. The van der Waals surface area contributed by atoms with Gasteiger partial charge in [-0.3, -0.25) is 0 Å². The lowest BCUT2D eigenvalue weighted by molar-refractivity contribution is -0.437. The number of rotatable bonds is 11. The van der Waals surface area contributed by atoms with E-state index in [2.05, 4.69) is 155 Å². The van der Waals surface area contributed by atoms with Crippen LogP contribution in [0.1, 0.15) is 70.9 Å². The third-order valence-electron chi connectivity index (χ3n) is 11.3. The minimum Gasteiger partial charge on any atom is -0.344 e. The van der Waals surface area contributed by atoms with Crippen LogP contribution in [0.4, 0.5) is 11.4 Å². The van der Waals surface area contributed by atoms with Gasteiger partial charge in [-0.2, -0.15) is 4.58 Å². The molecule has 4 nitrogen and oxygen atoms in total. The summed E-state index contributed by atoms with van der Waals surface area (Å²) >= 11 is 17.0. The molecule has 0 aromatic heterocycles. The van der Waals surface area contributed by atoms with Gasteiger partial charge in [-0.25, -0.2) is 9.98 Å². The standard InChI is InChI=1S/C46H46ClN4S2/c1-45(2)40(50(28-10-26-48-30-52)38-22-18-32-12-5-7-16-36(32)42(38)45)24-20-34-14-9-15-35(44(34)47)21-25-41-46(3,4)43-37-17-8-6-13-33(37)19-23-39(43)51(41)29-11-27-49-31-53/h5-8,12-13,16-25H,9-11,14-15,26-29H2,1-4H3/q+1. The number of halogens is 1. The Hall–Kier alpha value is -4.28. The number of fused-ring (bicyclic) bond motifs is 6. The van der Waals surface area contributed by atoms with Gasteiger partial charge in [0.2, 0.25) is 5.69 Å². The Morgan fingerprint density at radius 1 is 0.774 bits per heavy atom.